The zero-order chi connectivity index (χ0) is 74.0. The molecule has 0 saturated heterocycles. The van der Waals surface area contributed by atoms with Crippen LogP contribution in [0.2, 0.25) is 0 Å². The van der Waals surface area contributed by atoms with Crippen molar-refractivity contribution in [3.63, 3.8) is 0 Å². The second-order valence-electron chi connectivity index (χ2n) is 28.2. The van der Waals surface area contributed by atoms with Crippen molar-refractivity contribution in [2.75, 3.05) is 0 Å². The van der Waals surface area contributed by atoms with Crippen molar-refractivity contribution >= 4 is 87.2 Å². The van der Waals surface area contributed by atoms with Crippen molar-refractivity contribution in [3.8, 4) is 113 Å². The number of hydrogen-bond acceptors (Lipinski definition) is 6. The maximum absolute atomic E-state index is 4.95. The van der Waals surface area contributed by atoms with Crippen LogP contribution in [-0.2, 0) is 0 Å². The van der Waals surface area contributed by atoms with Crippen LogP contribution in [0.1, 0.15) is 0 Å². The summed E-state index contributed by atoms with van der Waals surface area (Å²) < 4.78 is 9.43. The molecule has 16 aromatic carbocycles. The van der Waals surface area contributed by atoms with Gasteiger partial charge in [0.2, 0.25) is 0 Å². The summed E-state index contributed by atoms with van der Waals surface area (Å²) in [7, 11) is 0. The van der Waals surface area contributed by atoms with Crippen LogP contribution in [0.15, 0.2) is 400 Å². The van der Waals surface area contributed by atoms with Crippen LogP contribution in [0.3, 0.4) is 0 Å². The lowest BCUT2D eigenvalue weighted by atomic mass is 10.0. The molecule has 6 heterocycles. The number of rotatable bonds is 12. The molecule has 112 heavy (non-hydrogen) atoms. The van der Waals surface area contributed by atoms with Gasteiger partial charge in [0, 0.05) is 99.2 Å². The number of aromatic nitrogens is 10. The highest BCUT2D eigenvalue weighted by atomic mass is 15.1. The Bertz CT molecular complexity index is 6760. The van der Waals surface area contributed by atoms with E-state index in [-0.39, 0.29) is 0 Å². The van der Waals surface area contributed by atoms with Crippen molar-refractivity contribution in [2.45, 2.75) is 0 Å². The van der Waals surface area contributed by atoms with Crippen LogP contribution in [0.4, 0.5) is 0 Å². The van der Waals surface area contributed by atoms with Crippen LogP contribution in [-0.4, -0.2) is 48.2 Å². The molecule has 0 amide bonds. The Morgan fingerprint density at radius 1 is 0.125 bits per heavy atom. The van der Waals surface area contributed by atoms with Crippen LogP contribution < -0.4 is 0 Å². The molecule has 0 saturated carbocycles. The van der Waals surface area contributed by atoms with E-state index in [0.717, 1.165) is 78.2 Å². The number of nitrogens with zero attached hydrogens (tertiary/aromatic N) is 10. The van der Waals surface area contributed by atoms with Crippen molar-refractivity contribution in [3.05, 3.63) is 400 Å². The molecule has 0 unspecified atom stereocenters. The first-order chi connectivity index (χ1) is 55.5. The highest BCUT2D eigenvalue weighted by molar-refractivity contribution is 6.15. The third-order valence-corrected chi connectivity index (χ3v) is 21.6. The van der Waals surface area contributed by atoms with E-state index in [0.29, 0.717) is 34.9 Å². The fourth-order valence-corrected chi connectivity index (χ4v) is 16.3. The Balaban J connectivity index is 0.000000141. The number of para-hydroxylation sites is 6. The van der Waals surface area contributed by atoms with Gasteiger partial charge in [-0.1, -0.05) is 255 Å². The smallest absolute Gasteiger partial charge is 0.164 e. The number of fused-ring (bicyclic) bond motifs is 12. The molecule has 0 N–H and O–H groups in total. The van der Waals surface area contributed by atoms with Gasteiger partial charge in [0.1, 0.15) is 0 Å². The SMILES string of the molecule is c1ccc(-c2nc(-c3ccccc3)nc(-c3ccc(-n4c5ccccc5c5cc(-c6ccc7c(c6)c6ccccc6n7-c6ccccc6)ccc54)cc3)n2)cc1.c1ccc(-c2nc(-c3ccccc3)nc(-c3ccc(-n4c5ccccc5c5cc(-c6ccc7c(c6)c6ccccc6n7-c6ccccc6)ccc54)cc3)n2)cc1. The first-order valence-corrected chi connectivity index (χ1v) is 37.7. The van der Waals surface area contributed by atoms with Crippen LogP contribution in [0.5, 0.6) is 0 Å². The second-order valence-corrected chi connectivity index (χ2v) is 28.2. The highest BCUT2D eigenvalue weighted by Gasteiger charge is 2.22. The summed E-state index contributed by atoms with van der Waals surface area (Å²) in [6.45, 7) is 0. The fraction of sp³-hybridized carbons (Fsp3) is 0. The first kappa shape index (κ1) is 65.1. The molecule has 10 heteroatoms. The molecule has 22 rings (SSSR count). The van der Waals surface area contributed by atoms with Gasteiger partial charge >= 0.3 is 0 Å². The second kappa shape index (κ2) is 27.5. The first-order valence-electron chi connectivity index (χ1n) is 37.7. The molecule has 0 aliphatic heterocycles. The molecule has 22 aromatic rings. The standard InChI is InChI=1S/2C51H33N5/c2*1-4-14-34(15-5-1)49-52-50(35-16-6-2-7-17-35)54-51(53-49)36-24-28-40(29-25-36)56-46-23-13-11-21-42(46)44-33-38(27-31-48(44)56)37-26-30-47-43(32-37)41-20-10-12-22-45(41)55(47)39-18-8-3-9-19-39/h2*1-33H. The third-order valence-electron chi connectivity index (χ3n) is 21.6. The van der Waals surface area contributed by atoms with Gasteiger partial charge in [0.25, 0.3) is 0 Å². The van der Waals surface area contributed by atoms with Gasteiger partial charge in [-0.25, -0.2) is 29.9 Å². The Morgan fingerprint density at radius 2 is 0.295 bits per heavy atom. The van der Waals surface area contributed by atoms with Gasteiger partial charge in [-0.2, -0.15) is 0 Å². The molecule has 6 aromatic heterocycles. The third kappa shape index (κ3) is 11.5. The lowest BCUT2D eigenvalue weighted by molar-refractivity contribution is 1.07. The van der Waals surface area contributed by atoms with Gasteiger partial charge in [0.15, 0.2) is 34.9 Å². The van der Waals surface area contributed by atoms with Crippen molar-refractivity contribution in [1.82, 2.24) is 48.2 Å². The van der Waals surface area contributed by atoms with Crippen LogP contribution in [0, 0.1) is 0 Å². The lowest BCUT2D eigenvalue weighted by Crippen LogP contribution is -2.00. The minimum Gasteiger partial charge on any atom is -0.309 e. The average Bonchev–Trinajstić information content (AvgIpc) is 1.58. The number of hydrogen-bond donors (Lipinski definition) is 0. The topological polar surface area (TPSA) is 97.1 Å². The Hall–Kier alpha value is -15.3. The Kier molecular flexibility index (Phi) is 16.0. The van der Waals surface area contributed by atoms with Gasteiger partial charge in [0.05, 0.1) is 44.1 Å². The van der Waals surface area contributed by atoms with E-state index in [4.69, 9.17) is 29.9 Å². The summed E-state index contributed by atoms with van der Waals surface area (Å²) in [5.41, 5.74) is 24.3. The van der Waals surface area contributed by atoms with Gasteiger partial charge in [-0.05, 0) is 168 Å². The maximum Gasteiger partial charge on any atom is 0.164 e. The molecular formula is C102H66N10. The molecule has 10 nitrogen and oxygen atoms in total. The summed E-state index contributed by atoms with van der Waals surface area (Å²) in [6.07, 6.45) is 0. The quantitative estimate of drug-likeness (QED) is 0.121. The van der Waals surface area contributed by atoms with Gasteiger partial charge in [-0.15, -0.1) is 0 Å². The van der Waals surface area contributed by atoms with Crippen LogP contribution >= 0.6 is 0 Å². The molecule has 524 valence electrons. The van der Waals surface area contributed by atoms with Gasteiger partial charge < -0.3 is 18.3 Å². The van der Waals surface area contributed by atoms with Crippen molar-refractivity contribution in [1.29, 1.82) is 0 Å². The molecular weight excluding hydrogens is 1370 g/mol. The summed E-state index contributed by atoms with van der Waals surface area (Å²) >= 11 is 0. The summed E-state index contributed by atoms with van der Waals surface area (Å²) in [5, 5.41) is 9.85. The lowest BCUT2D eigenvalue weighted by Gasteiger charge is -2.11. The average molecular weight is 1430 g/mol. The zero-order valence-corrected chi connectivity index (χ0v) is 60.6. The predicted octanol–water partition coefficient (Wildman–Crippen LogP) is 25.5. The molecule has 0 bridgehead atoms. The molecule has 0 aliphatic carbocycles. The summed E-state index contributed by atoms with van der Waals surface area (Å²) in [4.78, 5) is 29.5. The molecule has 0 radical (unpaired) electrons. The predicted molar refractivity (Wildman–Crippen MR) is 460 cm³/mol. The molecule has 0 atom stereocenters. The van der Waals surface area contributed by atoms with E-state index in [1.165, 1.54) is 87.4 Å². The van der Waals surface area contributed by atoms with E-state index in [1.807, 2.05) is 121 Å². The van der Waals surface area contributed by atoms with Crippen molar-refractivity contribution < 1.29 is 0 Å². The van der Waals surface area contributed by atoms with E-state index in [2.05, 4.69) is 297 Å². The summed E-state index contributed by atoms with van der Waals surface area (Å²) in [6, 6.07) is 141. The Morgan fingerprint density at radius 3 is 0.527 bits per heavy atom. The number of benzene rings is 16. The van der Waals surface area contributed by atoms with Gasteiger partial charge in [-0.3, -0.25) is 0 Å². The van der Waals surface area contributed by atoms with Crippen molar-refractivity contribution in [2.24, 2.45) is 0 Å². The largest absolute Gasteiger partial charge is 0.309 e. The van der Waals surface area contributed by atoms with E-state index in [1.54, 1.807) is 0 Å². The van der Waals surface area contributed by atoms with E-state index < -0.39 is 0 Å². The monoisotopic (exact) mass is 1430 g/mol. The Labute approximate surface area is 645 Å². The molecule has 0 spiro atoms. The van der Waals surface area contributed by atoms with Crippen LogP contribution in [0.25, 0.3) is 201 Å². The zero-order valence-electron chi connectivity index (χ0n) is 60.6. The fourth-order valence-electron chi connectivity index (χ4n) is 16.3. The van der Waals surface area contributed by atoms with E-state index >= 15 is 0 Å². The minimum atomic E-state index is 0.639. The molecule has 0 fully saturated rings. The molecule has 0 aliphatic rings. The summed E-state index contributed by atoms with van der Waals surface area (Å²) in [5.74, 6) is 3.88. The normalized spacial score (nSPS) is 11.6. The van der Waals surface area contributed by atoms with E-state index in [9.17, 15) is 0 Å². The highest BCUT2D eigenvalue weighted by Crippen LogP contribution is 2.42. The maximum atomic E-state index is 4.95. The minimum absolute atomic E-state index is 0.639.